The van der Waals surface area contributed by atoms with Crippen molar-refractivity contribution in [1.29, 1.82) is 0 Å². The fourth-order valence-electron chi connectivity index (χ4n) is 2.33. The minimum absolute atomic E-state index is 0.0225. The summed E-state index contributed by atoms with van der Waals surface area (Å²) in [5.74, 6) is -0.0598. The third-order valence-corrected chi connectivity index (χ3v) is 7.18. The zero-order valence-electron chi connectivity index (χ0n) is 13.3. The van der Waals surface area contributed by atoms with Crippen LogP contribution in [0.25, 0.3) is 0 Å². The Morgan fingerprint density at radius 2 is 1.20 bits per heavy atom. The minimum Gasteiger partial charge on any atom is -0.286 e. The first-order valence-electron chi connectivity index (χ1n) is 8.17. The maximum atomic E-state index is 10.8. The van der Waals surface area contributed by atoms with Crippen molar-refractivity contribution in [2.75, 3.05) is 24.2 Å². The standard InChI is InChI=1S/C15H33O3PS/c1-3-5-7-9-12-19(13-10-8-6-4-2)14-11-15-20(16,17)18/h3-15H2,1-2H3,(H,16,17,18). The molecule has 0 saturated heterocycles. The molecule has 20 heavy (non-hydrogen) atoms. The first-order valence-corrected chi connectivity index (χ1v) is 11.7. The summed E-state index contributed by atoms with van der Waals surface area (Å²) in [6.07, 6.45) is 14.5. The molecule has 0 aliphatic carbocycles. The van der Waals surface area contributed by atoms with Gasteiger partial charge in [0.15, 0.2) is 0 Å². The zero-order chi connectivity index (χ0) is 15.3. The van der Waals surface area contributed by atoms with Gasteiger partial charge >= 0.3 is 0 Å². The lowest BCUT2D eigenvalue weighted by molar-refractivity contribution is 0.482. The number of rotatable bonds is 14. The van der Waals surface area contributed by atoms with E-state index in [4.69, 9.17) is 4.55 Å². The Balaban J connectivity index is 3.90. The molecule has 0 amide bonds. The Morgan fingerprint density at radius 3 is 1.60 bits per heavy atom. The molecule has 0 saturated carbocycles. The van der Waals surface area contributed by atoms with Crippen LogP contribution in [0.15, 0.2) is 0 Å². The Morgan fingerprint density at radius 1 is 0.750 bits per heavy atom. The lowest BCUT2D eigenvalue weighted by Gasteiger charge is -2.17. The highest BCUT2D eigenvalue weighted by atomic mass is 32.2. The summed E-state index contributed by atoms with van der Waals surface area (Å²) < 4.78 is 30.3. The molecule has 0 aliphatic heterocycles. The van der Waals surface area contributed by atoms with Crippen LogP contribution in [0.3, 0.4) is 0 Å². The van der Waals surface area contributed by atoms with E-state index in [9.17, 15) is 8.42 Å². The molecular weight excluding hydrogens is 291 g/mol. The van der Waals surface area contributed by atoms with Crippen molar-refractivity contribution in [2.24, 2.45) is 0 Å². The van der Waals surface area contributed by atoms with Gasteiger partial charge in [0.2, 0.25) is 0 Å². The Kier molecular flexibility index (Phi) is 13.3. The van der Waals surface area contributed by atoms with Crippen molar-refractivity contribution >= 4 is 18.0 Å². The van der Waals surface area contributed by atoms with Crippen LogP contribution in [0.4, 0.5) is 0 Å². The first-order chi connectivity index (χ1) is 9.49. The molecule has 122 valence electrons. The summed E-state index contributed by atoms with van der Waals surface area (Å²) in [6.45, 7) is 4.44. The molecule has 0 radical (unpaired) electrons. The van der Waals surface area contributed by atoms with Gasteiger partial charge in [-0.05, 0) is 37.7 Å². The largest absolute Gasteiger partial charge is 0.286 e. The SMILES string of the molecule is CCCCCCP(CCCCCC)CCCS(=O)(=O)O. The van der Waals surface area contributed by atoms with E-state index in [1.807, 2.05) is 0 Å². The second-order valence-corrected chi connectivity index (χ2v) is 9.86. The molecule has 1 N–H and O–H groups in total. The molecular formula is C15H33O3PS. The van der Waals surface area contributed by atoms with E-state index >= 15 is 0 Å². The second kappa shape index (κ2) is 13.0. The van der Waals surface area contributed by atoms with Crippen LogP contribution < -0.4 is 0 Å². The van der Waals surface area contributed by atoms with Crippen molar-refractivity contribution in [3.05, 3.63) is 0 Å². The average Bonchev–Trinajstić information content (AvgIpc) is 2.37. The van der Waals surface area contributed by atoms with Crippen molar-refractivity contribution in [3.8, 4) is 0 Å². The summed E-state index contributed by atoms with van der Waals surface area (Å²) in [7, 11) is -3.79. The maximum Gasteiger partial charge on any atom is 0.264 e. The van der Waals surface area contributed by atoms with E-state index < -0.39 is 10.1 Å². The minimum atomic E-state index is -3.77. The van der Waals surface area contributed by atoms with Gasteiger partial charge in [0.25, 0.3) is 10.1 Å². The zero-order valence-corrected chi connectivity index (χ0v) is 15.0. The first kappa shape index (κ1) is 20.3. The van der Waals surface area contributed by atoms with Crippen LogP contribution in [-0.2, 0) is 10.1 Å². The molecule has 0 atom stereocenters. The lowest BCUT2D eigenvalue weighted by atomic mass is 10.2. The number of unbranched alkanes of at least 4 members (excludes halogenated alkanes) is 6. The Bertz CT molecular complexity index is 292. The van der Waals surface area contributed by atoms with E-state index in [1.165, 1.54) is 63.7 Å². The van der Waals surface area contributed by atoms with Gasteiger partial charge < -0.3 is 0 Å². The van der Waals surface area contributed by atoms with Gasteiger partial charge in [-0.2, -0.15) is 8.42 Å². The van der Waals surface area contributed by atoms with Crippen molar-refractivity contribution < 1.29 is 13.0 Å². The topological polar surface area (TPSA) is 54.4 Å². The van der Waals surface area contributed by atoms with Crippen LogP contribution >= 0.6 is 7.92 Å². The smallest absolute Gasteiger partial charge is 0.264 e. The maximum absolute atomic E-state index is 10.8. The fraction of sp³-hybridized carbons (Fsp3) is 1.00. The molecule has 0 unspecified atom stereocenters. The van der Waals surface area contributed by atoms with Gasteiger partial charge in [-0.3, -0.25) is 4.55 Å². The normalized spacial score (nSPS) is 12.2. The predicted molar refractivity (Wildman–Crippen MR) is 90.8 cm³/mol. The van der Waals surface area contributed by atoms with Crippen LogP contribution in [-0.4, -0.2) is 37.2 Å². The third kappa shape index (κ3) is 14.7. The Hall–Kier alpha value is 0.340. The van der Waals surface area contributed by atoms with Crippen molar-refractivity contribution in [1.82, 2.24) is 0 Å². The van der Waals surface area contributed by atoms with E-state index in [2.05, 4.69) is 13.8 Å². The molecule has 0 aliphatic rings. The highest BCUT2D eigenvalue weighted by Gasteiger charge is 2.10. The molecule has 0 spiro atoms. The van der Waals surface area contributed by atoms with Gasteiger partial charge in [0.05, 0.1) is 5.75 Å². The van der Waals surface area contributed by atoms with Gasteiger partial charge in [0, 0.05) is 0 Å². The van der Waals surface area contributed by atoms with E-state index in [0.29, 0.717) is 6.42 Å². The molecule has 0 aromatic heterocycles. The molecule has 0 fully saturated rings. The lowest BCUT2D eigenvalue weighted by Crippen LogP contribution is -2.06. The van der Waals surface area contributed by atoms with Gasteiger partial charge in [-0.1, -0.05) is 52.4 Å². The molecule has 0 rings (SSSR count). The van der Waals surface area contributed by atoms with Crippen LogP contribution in [0, 0.1) is 0 Å². The average molecular weight is 324 g/mol. The summed E-state index contributed by atoms with van der Waals surface area (Å²) in [4.78, 5) is 0. The van der Waals surface area contributed by atoms with E-state index in [-0.39, 0.29) is 13.7 Å². The highest BCUT2D eigenvalue weighted by molar-refractivity contribution is 7.85. The number of hydrogen-bond donors (Lipinski definition) is 1. The van der Waals surface area contributed by atoms with Gasteiger partial charge in [-0.25, -0.2) is 0 Å². The quantitative estimate of drug-likeness (QED) is 0.281. The van der Waals surface area contributed by atoms with E-state index in [0.717, 1.165) is 6.16 Å². The molecule has 0 heterocycles. The molecule has 0 bridgehead atoms. The van der Waals surface area contributed by atoms with Gasteiger partial charge in [0.1, 0.15) is 0 Å². The summed E-state index contributed by atoms with van der Waals surface area (Å²) in [5, 5.41) is 0. The molecule has 0 aromatic rings. The summed E-state index contributed by atoms with van der Waals surface area (Å²) >= 11 is 0. The van der Waals surface area contributed by atoms with Crippen LogP contribution in [0.1, 0.15) is 71.6 Å². The van der Waals surface area contributed by atoms with Crippen molar-refractivity contribution in [3.63, 3.8) is 0 Å². The second-order valence-electron chi connectivity index (χ2n) is 5.60. The van der Waals surface area contributed by atoms with Crippen LogP contribution in [0.5, 0.6) is 0 Å². The molecule has 0 aromatic carbocycles. The summed E-state index contributed by atoms with van der Waals surface area (Å²) in [6, 6.07) is 0. The predicted octanol–water partition coefficient (Wildman–Crippen LogP) is 4.91. The molecule has 3 nitrogen and oxygen atoms in total. The van der Waals surface area contributed by atoms with Crippen LogP contribution in [0.2, 0.25) is 0 Å². The molecule has 5 heteroatoms. The Labute approximate surface area is 127 Å². The fourth-order valence-corrected chi connectivity index (χ4v) is 5.67. The number of hydrogen-bond acceptors (Lipinski definition) is 2. The van der Waals surface area contributed by atoms with E-state index in [1.54, 1.807) is 0 Å². The third-order valence-electron chi connectivity index (χ3n) is 3.53. The highest BCUT2D eigenvalue weighted by Crippen LogP contribution is 2.38. The van der Waals surface area contributed by atoms with Gasteiger partial charge in [-0.15, -0.1) is 7.92 Å². The monoisotopic (exact) mass is 324 g/mol. The summed E-state index contributed by atoms with van der Waals surface area (Å²) in [5.41, 5.74) is 0. The van der Waals surface area contributed by atoms with Crippen molar-refractivity contribution in [2.45, 2.75) is 71.6 Å².